The molecule has 0 radical (unpaired) electrons. The van der Waals surface area contributed by atoms with Crippen molar-refractivity contribution in [3.05, 3.63) is 52.0 Å². The van der Waals surface area contributed by atoms with Crippen LogP contribution in [0.4, 0.5) is 0 Å². The summed E-state index contributed by atoms with van der Waals surface area (Å²) in [5.41, 5.74) is 3.19. The lowest BCUT2D eigenvalue weighted by Gasteiger charge is -2.36. The molecular weight excluding hydrogens is 418 g/mol. The number of nitrogens with zero attached hydrogens (tertiary/aromatic N) is 5. The standard InChI is InChI=1S/C25H31N5OS/c1-16-21-17(2)27-23(18-7-8-18)28-24(21)32-22(16)25(31)29(3)20-10-14-30(15-11-20)13-9-19-6-4-5-12-26-19/h4-6,12,18,20H,7-11,13-15H2,1-3H3. The van der Waals surface area contributed by atoms with Gasteiger partial charge >= 0.3 is 0 Å². The van der Waals surface area contributed by atoms with Crippen molar-refractivity contribution in [1.29, 1.82) is 0 Å². The van der Waals surface area contributed by atoms with Gasteiger partial charge in [-0.3, -0.25) is 9.78 Å². The first-order chi connectivity index (χ1) is 15.5. The monoisotopic (exact) mass is 449 g/mol. The molecule has 1 saturated carbocycles. The molecule has 0 unspecified atom stereocenters. The summed E-state index contributed by atoms with van der Waals surface area (Å²) in [5, 5.41) is 1.07. The van der Waals surface area contributed by atoms with Crippen molar-refractivity contribution in [2.75, 3.05) is 26.7 Å². The summed E-state index contributed by atoms with van der Waals surface area (Å²) in [6.45, 7) is 7.17. The first kappa shape index (κ1) is 21.5. The maximum atomic E-state index is 13.4. The second-order valence-electron chi connectivity index (χ2n) is 9.24. The van der Waals surface area contributed by atoms with Crippen LogP contribution in [0.5, 0.6) is 0 Å². The van der Waals surface area contributed by atoms with Crippen LogP contribution in [0.15, 0.2) is 24.4 Å². The Morgan fingerprint density at radius 2 is 1.94 bits per heavy atom. The molecule has 7 heteroatoms. The molecule has 1 saturated heterocycles. The number of fused-ring (bicyclic) bond motifs is 1. The summed E-state index contributed by atoms with van der Waals surface area (Å²) >= 11 is 1.54. The van der Waals surface area contributed by atoms with Crippen molar-refractivity contribution >= 4 is 27.5 Å². The number of aryl methyl sites for hydroxylation is 2. The van der Waals surface area contributed by atoms with Crippen LogP contribution in [-0.4, -0.2) is 63.4 Å². The van der Waals surface area contributed by atoms with Gasteiger partial charge in [0.1, 0.15) is 10.7 Å². The number of carbonyl (C=O) groups is 1. The van der Waals surface area contributed by atoms with Crippen LogP contribution in [0.3, 0.4) is 0 Å². The van der Waals surface area contributed by atoms with Gasteiger partial charge in [0.25, 0.3) is 5.91 Å². The molecular formula is C25H31N5OS. The third kappa shape index (κ3) is 4.28. The van der Waals surface area contributed by atoms with Crippen molar-refractivity contribution in [3.63, 3.8) is 0 Å². The number of rotatable bonds is 6. The van der Waals surface area contributed by atoms with Crippen LogP contribution in [0.25, 0.3) is 10.2 Å². The summed E-state index contributed by atoms with van der Waals surface area (Å²) in [5.74, 6) is 1.61. The number of pyridine rings is 1. The molecule has 0 spiro atoms. The Hall–Kier alpha value is -2.38. The van der Waals surface area contributed by atoms with Crippen LogP contribution < -0.4 is 0 Å². The van der Waals surface area contributed by atoms with Gasteiger partial charge in [-0.2, -0.15) is 0 Å². The molecule has 32 heavy (non-hydrogen) atoms. The fraction of sp³-hybridized carbons (Fsp3) is 0.520. The largest absolute Gasteiger partial charge is 0.338 e. The lowest BCUT2D eigenvalue weighted by Crippen LogP contribution is -2.46. The maximum Gasteiger partial charge on any atom is 0.264 e. The number of carbonyl (C=O) groups excluding carboxylic acids is 1. The quantitative estimate of drug-likeness (QED) is 0.560. The van der Waals surface area contributed by atoms with E-state index >= 15 is 0 Å². The van der Waals surface area contributed by atoms with E-state index in [4.69, 9.17) is 9.97 Å². The normalized spacial score (nSPS) is 17.7. The number of hydrogen-bond donors (Lipinski definition) is 0. The topological polar surface area (TPSA) is 62.2 Å². The zero-order chi connectivity index (χ0) is 22.2. The molecule has 0 atom stereocenters. The van der Waals surface area contributed by atoms with Crippen LogP contribution in [0.2, 0.25) is 0 Å². The second-order valence-corrected chi connectivity index (χ2v) is 10.2. The Bertz CT molecular complexity index is 1120. The van der Waals surface area contributed by atoms with Crippen molar-refractivity contribution < 1.29 is 4.79 Å². The number of hydrogen-bond acceptors (Lipinski definition) is 6. The van der Waals surface area contributed by atoms with E-state index in [1.54, 1.807) is 11.3 Å². The van der Waals surface area contributed by atoms with Crippen LogP contribution in [-0.2, 0) is 6.42 Å². The van der Waals surface area contributed by atoms with Gasteiger partial charge in [-0.15, -0.1) is 11.3 Å². The molecule has 1 aliphatic heterocycles. The summed E-state index contributed by atoms with van der Waals surface area (Å²) in [4.78, 5) is 33.7. The Kier molecular flexibility index (Phi) is 5.95. The molecule has 4 heterocycles. The van der Waals surface area contributed by atoms with Gasteiger partial charge in [0, 0.05) is 62.3 Å². The third-order valence-electron chi connectivity index (χ3n) is 6.96. The van der Waals surface area contributed by atoms with Gasteiger partial charge in [0.15, 0.2) is 0 Å². The summed E-state index contributed by atoms with van der Waals surface area (Å²) < 4.78 is 0. The first-order valence-electron chi connectivity index (χ1n) is 11.7. The zero-order valence-electron chi connectivity index (χ0n) is 19.2. The van der Waals surface area contributed by atoms with Gasteiger partial charge < -0.3 is 9.80 Å². The van der Waals surface area contributed by atoms with Gasteiger partial charge in [-0.05, 0) is 57.2 Å². The van der Waals surface area contributed by atoms with Gasteiger partial charge in [-0.1, -0.05) is 6.07 Å². The summed E-state index contributed by atoms with van der Waals surface area (Å²) in [6, 6.07) is 6.38. The molecule has 0 bridgehead atoms. The number of aromatic nitrogens is 3. The SMILES string of the molecule is Cc1nc(C2CC2)nc2sc(C(=O)N(C)C3CCN(CCc4ccccn4)CC3)c(C)c12. The van der Waals surface area contributed by atoms with Crippen LogP contribution in [0.1, 0.15) is 64.0 Å². The van der Waals surface area contributed by atoms with E-state index in [1.807, 2.05) is 44.1 Å². The molecule has 3 aromatic heterocycles. The molecule has 5 rings (SSSR count). The lowest BCUT2D eigenvalue weighted by molar-refractivity contribution is 0.0647. The second kappa shape index (κ2) is 8.87. The molecule has 0 N–H and O–H groups in total. The Balaban J connectivity index is 1.23. The van der Waals surface area contributed by atoms with Crippen molar-refractivity contribution in [3.8, 4) is 0 Å². The Morgan fingerprint density at radius 3 is 2.62 bits per heavy atom. The van der Waals surface area contributed by atoms with E-state index < -0.39 is 0 Å². The van der Waals surface area contributed by atoms with E-state index in [0.29, 0.717) is 5.92 Å². The molecule has 6 nitrogen and oxygen atoms in total. The fourth-order valence-electron chi connectivity index (χ4n) is 4.76. The summed E-state index contributed by atoms with van der Waals surface area (Å²) in [7, 11) is 1.97. The molecule has 168 valence electrons. The Morgan fingerprint density at radius 1 is 1.16 bits per heavy atom. The molecule has 1 amide bonds. The average molecular weight is 450 g/mol. The maximum absolute atomic E-state index is 13.4. The van der Waals surface area contributed by atoms with Gasteiger partial charge in [-0.25, -0.2) is 9.97 Å². The summed E-state index contributed by atoms with van der Waals surface area (Å²) in [6.07, 6.45) is 7.23. The molecule has 3 aromatic rings. The predicted octanol–water partition coefficient (Wildman–Crippen LogP) is 4.36. The molecule has 1 aliphatic carbocycles. The molecule has 0 aromatic carbocycles. The number of thiophene rings is 1. The predicted molar refractivity (Wildman–Crippen MR) is 128 cm³/mol. The molecule has 2 fully saturated rings. The van der Waals surface area contributed by atoms with Crippen molar-refractivity contribution in [1.82, 2.24) is 24.8 Å². The fourth-order valence-corrected chi connectivity index (χ4v) is 5.98. The van der Waals surface area contributed by atoms with Crippen LogP contribution in [0, 0.1) is 13.8 Å². The van der Waals surface area contributed by atoms with Gasteiger partial charge in [0.05, 0.1) is 10.6 Å². The molecule has 2 aliphatic rings. The van der Waals surface area contributed by atoms with Crippen molar-refractivity contribution in [2.24, 2.45) is 0 Å². The van der Waals surface area contributed by atoms with E-state index in [0.717, 1.165) is 76.8 Å². The van der Waals surface area contributed by atoms with E-state index in [9.17, 15) is 4.79 Å². The minimum Gasteiger partial charge on any atom is -0.338 e. The van der Waals surface area contributed by atoms with E-state index in [2.05, 4.69) is 16.0 Å². The minimum absolute atomic E-state index is 0.129. The highest BCUT2D eigenvalue weighted by Gasteiger charge is 2.31. The highest BCUT2D eigenvalue weighted by atomic mass is 32.1. The number of piperidine rings is 1. The zero-order valence-corrected chi connectivity index (χ0v) is 20.0. The first-order valence-corrected chi connectivity index (χ1v) is 12.5. The van der Waals surface area contributed by atoms with E-state index in [-0.39, 0.29) is 11.9 Å². The third-order valence-corrected chi connectivity index (χ3v) is 8.13. The number of amides is 1. The Labute approximate surface area is 193 Å². The lowest BCUT2D eigenvalue weighted by atomic mass is 10.0. The average Bonchev–Trinajstić information content (AvgIpc) is 3.61. The smallest absolute Gasteiger partial charge is 0.264 e. The van der Waals surface area contributed by atoms with Crippen molar-refractivity contribution in [2.45, 2.75) is 57.9 Å². The van der Waals surface area contributed by atoms with Crippen LogP contribution >= 0.6 is 11.3 Å². The number of likely N-dealkylation sites (tertiary alicyclic amines) is 1. The minimum atomic E-state index is 0.129. The highest BCUT2D eigenvalue weighted by molar-refractivity contribution is 7.20. The van der Waals surface area contributed by atoms with Gasteiger partial charge in [0.2, 0.25) is 0 Å². The van der Waals surface area contributed by atoms with E-state index in [1.165, 1.54) is 12.8 Å². The highest BCUT2D eigenvalue weighted by Crippen LogP contribution is 2.40.